The highest BCUT2D eigenvalue weighted by atomic mass is 14.9. The molecule has 1 spiro atoms. The topological polar surface area (TPSA) is 26.0 Å². The van der Waals surface area contributed by atoms with Gasteiger partial charge in [0.05, 0.1) is 0 Å². The van der Waals surface area contributed by atoms with Crippen molar-refractivity contribution in [1.29, 1.82) is 0 Å². The average molecular weight is 221 g/mol. The molecule has 3 fully saturated rings. The van der Waals surface area contributed by atoms with Crippen molar-refractivity contribution in [2.45, 2.75) is 76.7 Å². The Morgan fingerprint density at radius 2 is 1.81 bits per heavy atom. The van der Waals surface area contributed by atoms with Crippen LogP contribution in [0.2, 0.25) is 0 Å². The number of nitrogens with two attached hydrogens (primary N) is 1. The summed E-state index contributed by atoms with van der Waals surface area (Å²) in [5.74, 6) is 1.72. The van der Waals surface area contributed by atoms with Gasteiger partial charge in [-0.05, 0) is 62.2 Å². The molecule has 3 saturated carbocycles. The van der Waals surface area contributed by atoms with Gasteiger partial charge in [0.1, 0.15) is 0 Å². The fourth-order valence-corrected chi connectivity index (χ4v) is 5.14. The Bertz CT molecular complexity index is 265. The second kappa shape index (κ2) is 3.73. The summed E-state index contributed by atoms with van der Waals surface area (Å²) in [6.45, 7) is 2.33. The smallest absolute Gasteiger partial charge is 0.0268 e. The fraction of sp³-hybridized carbons (Fsp3) is 1.00. The van der Waals surface area contributed by atoms with Gasteiger partial charge in [-0.3, -0.25) is 0 Å². The van der Waals surface area contributed by atoms with Crippen LogP contribution >= 0.6 is 0 Å². The molecule has 2 N–H and O–H groups in total. The van der Waals surface area contributed by atoms with E-state index in [1.54, 1.807) is 0 Å². The zero-order valence-electron chi connectivity index (χ0n) is 10.8. The summed E-state index contributed by atoms with van der Waals surface area (Å²) in [4.78, 5) is 0. The van der Waals surface area contributed by atoms with E-state index in [0.717, 1.165) is 11.8 Å². The molecule has 1 heteroatoms. The van der Waals surface area contributed by atoms with Gasteiger partial charge in [-0.1, -0.05) is 26.2 Å². The summed E-state index contributed by atoms with van der Waals surface area (Å²) >= 11 is 0. The van der Waals surface area contributed by atoms with Gasteiger partial charge < -0.3 is 5.73 Å². The summed E-state index contributed by atoms with van der Waals surface area (Å²) in [5.41, 5.74) is 7.89. The van der Waals surface area contributed by atoms with Gasteiger partial charge in [0.2, 0.25) is 0 Å². The molecule has 0 aromatic carbocycles. The number of hydrogen-bond acceptors (Lipinski definition) is 1. The highest BCUT2D eigenvalue weighted by Crippen LogP contribution is 2.67. The first-order chi connectivity index (χ1) is 7.73. The maximum Gasteiger partial charge on any atom is 0.0268 e. The Kier molecular flexibility index (Phi) is 2.58. The van der Waals surface area contributed by atoms with Crippen molar-refractivity contribution < 1.29 is 0 Å². The number of hydrogen-bond donors (Lipinski definition) is 1. The summed E-state index contributed by atoms with van der Waals surface area (Å²) in [7, 11) is 0. The van der Waals surface area contributed by atoms with E-state index in [2.05, 4.69) is 6.92 Å². The van der Waals surface area contributed by atoms with Crippen molar-refractivity contribution in [1.82, 2.24) is 0 Å². The lowest BCUT2D eigenvalue weighted by molar-refractivity contribution is -0.00503. The van der Waals surface area contributed by atoms with Gasteiger partial charge in [0, 0.05) is 5.54 Å². The van der Waals surface area contributed by atoms with E-state index in [9.17, 15) is 0 Å². The lowest BCUT2D eigenvalue weighted by atomic mass is 9.53. The number of fused-ring (bicyclic) bond motifs is 2. The molecular formula is C15H27N. The van der Waals surface area contributed by atoms with Gasteiger partial charge in [-0.15, -0.1) is 0 Å². The van der Waals surface area contributed by atoms with Crippen LogP contribution in [0.4, 0.5) is 0 Å². The van der Waals surface area contributed by atoms with Crippen LogP contribution in [0.1, 0.15) is 71.1 Å². The monoisotopic (exact) mass is 221 g/mol. The zero-order chi connectivity index (χ0) is 11.2. The summed E-state index contributed by atoms with van der Waals surface area (Å²) < 4.78 is 0. The zero-order valence-corrected chi connectivity index (χ0v) is 10.8. The molecule has 0 amide bonds. The van der Waals surface area contributed by atoms with Crippen LogP contribution in [0.25, 0.3) is 0 Å². The summed E-state index contributed by atoms with van der Waals surface area (Å²) in [6, 6.07) is 0. The maximum atomic E-state index is 7.03. The predicted molar refractivity (Wildman–Crippen MR) is 68.2 cm³/mol. The van der Waals surface area contributed by atoms with Crippen molar-refractivity contribution in [2.75, 3.05) is 0 Å². The molecule has 16 heavy (non-hydrogen) atoms. The van der Waals surface area contributed by atoms with E-state index >= 15 is 0 Å². The lowest BCUT2D eigenvalue weighted by Crippen LogP contribution is -2.63. The van der Waals surface area contributed by atoms with Crippen LogP contribution in [0.15, 0.2) is 0 Å². The molecule has 3 rings (SSSR count). The average Bonchev–Trinajstić information content (AvgIpc) is 3.04. The second-order valence-corrected chi connectivity index (χ2v) is 6.72. The molecule has 1 nitrogen and oxygen atoms in total. The van der Waals surface area contributed by atoms with Crippen molar-refractivity contribution >= 4 is 0 Å². The molecule has 0 heterocycles. The normalized spacial score (nSPS) is 45.4. The van der Waals surface area contributed by atoms with Crippen LogP contribution < -0.4 is 5.73 Å². The number of rotatable bonds is 2. The molecule has 3 atom stereocenters. The SMILES string of the molecule is CCC[C@@H]1CCCC2CCCC3(CC3)C21N. The van der Waals surface area contributed by atoms with Crippen LogP contribution in [0.5, 0.6) is 0 Å². The standard InChI is InChI=1S/C15H27N/c1-2-5-12-6-3-7-13-8-4-9-14(10-11-14)15(12,13)16/h12-13H,2-11,16H2,1H3/t12-,13?,15?/m1/s1. The molecule has 0 aliphatic heterocycles. The molecule has 0 radical (unpaired) electrons. The largest absolute Gasteiger partial charge is 0.324 e. The minimum atomic E-state index is 0.250. The summed E-state index contributed by atoms with van der Waals surface area (Å²) in [6.07, 6.45) is 14.2. The minimum absolute atomic E-state index is 0.250. The molecule has 3 aliphatic rings. The van der Waals surface area contributed by atoms with Crippen LogP contribution in [-0.4, -0.2) is 5.54 Å². The first-order valence-electron chi connectivity index (χ1n) is 7.52. The predicted octanol–water partition coefficient (Wildman–Crippen LogP) is 3.86. The molecular weight excluding hydrogens is 194 g/mol. The van der Waals surface area contributed by atoms with E-state index in [4.69, 9.17) is 5.73 Å². The molecule has 0 aromatic rings. The van der Waals surface area contributed by atoms with Crippen molar-refractivity contribution in [3.63, 3.8) is 0 Å². The third-order valence-corrected chi connectivity index (χ3v) is 6.07. The minimum Gasteiger partial charge on any atom is -0.324 e. The third kappa shape index (κ3) is 1.33. The van der Waals surface area contributed by atoms with Crippen LogP contribution in [0.3, 0.4) is 0 Å². The Morgan fingerprint density at radius 3 is 2.50 bits per heavy atom. The van der Waals surface area contributed by atoms with E-state index in [0.29, 0.717) is 5.41 Å². The van der Waals surface area contributed by atoms with E-state index in [-0.39, 0.29) is 5.54 Å². The highest BCUT2D eigenvalue weighted by molar-refractivity contribution is 5.19. The lowest BCUT2D eigenvalue weighted by Gasteiger charge is -2.56. The Morgan fingerprint density at radius 1 is 1.06 bits per heavy atom. The van der Waals surface area contributed by atoms with Crippen molar-refractivity contribution in [2.24, 2.45) is 23.0 Å². The van der Waals surface area contributed by atoms with E-state index in [1.807, 2.05) is 0 Å². The second-order valence-electron chi connectivity index (χ2n) is 6.72. The molecule has 2 unspecified atom stereocenters. The summed E-state index contributed by atoms with van der Waals surface area (Å²) in [5, 5.41) is 0. The van der Waals surface area contributed by atoms with Gasteiger partial charge in [0.25, 0.3) is 0 Å². The first-order valence-corrected chi connectivity index (χ1v) is 7.52. The fourth-order valence-electron chi connectivity index (χ4n) is 5.14. The third-order valence-electron chi connectivity index (χ3n) is 6.07. The molecule has 0 bridgehead atoms. The molecule has 0 aromatic heterocycles. The van der Waals surface area contributed by atoms with Gasteiger partial charge in [-0.2, -0.15) is 0 Å². The van der Waals surface area contributed by atoms with E-state index < -0.39 is 0 Å². The quantitative estimate of drug-likeness (QED) is 0.752. The highest BCUT2D eigenvalue weighted by Gasteiger charge is 2.64. The van der Waals surface area contributed by atoms with E-state index in [1.165, 1.54) is 64.2 Å². The Hall–Kier alpha value is -0.0400. The van der Waals surface area contributed by atoms with Crippen LogP contribution in [-0.2, 0) is 0 Å². The van der Waals surface area contributed by atoms with Crippen molar-refractivity contribution in [3.05, 3.63) is 0 Å². The van der Waals surface area contributed by atoms with Gasteiger partial charge >= 0.3 is 0 Å². The Balaban J connectivity index is 1.90. The molecule has 0 saturated heterocycles. The molecule has 92 valence electrons. The maximum absolute atomic E-state index is 7.03. The van der Waals surface area contributed by atoms with Crippen LogP contribution in [0, 0.1) is 17.3 Å². The van der Waals surface area contributed by atoms with Gasteiger partial charge in [0.15, 0.2) is 0 Å². The Labute approximate surface area is 100 Å². The molecule has 3 aliphatic carbocycles. The van der Waals surface area contributed by atoms with Gasteiger partial charge in [-0.25, -0.2) is 0 Å². The first kappa shape index (κ1) is 11.1. The van der Waals surface area contributed by atoms with Crippen molar-refractivity contribution in [3.8, 4) is 0 Å².